The van der Waals surface area contributed by atoms with Crippen molar-refractivity contribution in [2.24, 2.45) is 5.18 Å². The number of rotatable bonds is 7. The first kappa shape index (κ1) is 27.6. The van der Waals surface area contributed by atoms with Crippen molar-refractivity contribution in [3.8, 4) is 0 Å². The van der Waals surface area contributed by atoms with Crippen molar-refractivity contribution in [1.82, 2.24) is 10.4 Å². The summed E-state index contributed by atoms with van der Waals surface area (Å²) in [6.45, 7) is 0.117. The van der Waals surface area contributed by atoms with E-state index in [0.717, 1.165) is 18.4 Å². The van der Waals surface area contributed by atoms with E-state index in [2.05, 4.69) is 10.7 Å². The maximum atomic E-state index is 14.1. The summed E-state index contributed by atoms with van der Waals surface area (Å²) in [6, 6.07) is 17.2. The summed E-state index contributed by atoms with van der Waals surface area (Å²) in [5.41, 5.74) is 4.90. The van der Waals surface area contributed by atoms with Crippen LogP contribution in [0.15, 0.2) is 71.9 Å². The maximum Gasteiger partial charge on any atom is 0.255 e. The third-order valence-corrected chi connectivity index (χ3v) is 8.27. The normalized spacial score (nSPS) is 22.7. The van der Waals surface area contributed by atoms with Crippen LogP contribution in [-0.4, -0.2) is 28.8 Å². The number of nitrogens with one attached hydrogen (secondary N) is 1. The van der Waals surface area contributed by atoms with Gasteiger partial charge in [0.25, 0.3) is 11.8 Å². The Hall–Kier alpha value is -2.97. The molecule has 4 atom stereocenters. The van der Waals surface area contributed by atoms with E-state index in [1.165, 1.54) is 0 Å². The van der Waals surface area contributed by atoms with Crippen molar-refractivity contribution in [3.63, 3.8) is 0 Å². The number of nitrogens with zero attached hydrogens (tertiary/aromatic N) is 2. The van der Waals surface area contributed by atoms with Gasteiger partial charge in [0.15, 0.2) is 0 Å². The quantitative estimate of drug-likeness (QED) is 0.233. The fraction of sp³-hybridized carbons (Fsp3) is 0.310. The van der Waals surface area contributed by atoms with Crippen molar-refractivity contribution >= 4 is 46.6 Å². The lowest BCUT2D eigenvalue weighted by Crippen LogP contribution is -2.55. The van der Waals surface area contributed by atoms with Gasteiger partial charge in [-0.3, -0.25) is 14.4 Å². The molecule has 2 amide bonds. The van der Waals surface area contributed by atoms with Gasteiger partial charge in [0.1, 0.15) is 6.04 Å². The molecule has 7 nitrogen and oxygen atoms in total. The predicted molar refractivity (Wildman–Crippen MR) is 151 cm³/mol. The molecule has 1 fully saturated rings. The number of benzene rings is 3. The molecular weight excluding hydrogens is 561 g/mol. The molecule has 0 spiro atoms. The first-order valence-electron chi connectivity index (χ1n) is 12.7. The number of amides is 2. The topological polar surface area (TPSA) is 88.1 Å². The highest BCUT2D eigenvalue weighted by Gasteiger charge is 2.49. The molecule has 0 bridgehead atoms. The van der Waals surface area contributed by atoms with Crippen molar-refractivity contribution in [2.75, 3.05) is 0 Å². The standard InChI is InChI=1S/C29H26Cl3N3O4/c30-18-11-9-17(10-12-18)16-39-34-28(36)26-20-5-1-2-6-21(20)29(37)35(25-8-4-3-7-24(25)33-38)27(26)22-14-13-19(31)15-23(22)32/h1-2,5-6,9-15,24-27H,3-4,7-8,16H2,(H,34,36)/t24-,25-,26+,27-/m0/s1. The summed E-state index contributed by atoms with van der Waals surface area (Å²) in [5, 5.41) is 4.72. The van der Waals surface area contributed by atoms with E-state index >= 15 is 0 Å². The van der Waals surface area contributed by atoms with Gasteiger partial charge < -0.3 is 4.90 Å². The lowest BCUT2D eigenvalue weighted by atomic mass is 9.76. The Morgan fingerprint density at radius 2 is 1.67 bits per heavy atom. The summed E-state index contributed by atoms with van der Waals surface area (Å²) < 4.78 is 0. The van der Waals surface area contributed by atoms with E-state index < -0.39 is 30.0 Å². The van der Waals surface area contributed by atoms with Crippen LogP contribution in [0, 0.1) is 4.91 Å². The third-order valence-electron chi connectivity index (χ3n) is 7.45. The number of halogens is 3. The number of carbonyl (C=O) groups excluding carboxylic acids is 2. The van der Waals surface area contributed by atoms with E-state index in [9.17, 15) is 14.5 Å². The summed E-state index contributed by atoms with van der Waals surface area (Å²) in [5.74, 6) is -1.60. The summed E-state index contributed by atoms with van der Waals surface area (Å²) >= 11 is 18.9. The van der Waals surface area contributed by atoms with Gasteiger partial charge >= 0.3 is 0 Å². The van der Waals surface area contributed by atoms with Gasteiger partial charge in [-0.15, -0.1) is 0 Å². The monoisotopic (exact) mass is 585 g/mol. The highest BCUT2D eigenvalue weighted by molar-refractivity contribution is 6.35. The molecule has 0 unspecified atom stereocenters. The van der Waals surface area contributed by atoms with Gasteiger partial charge in [0.2, 0.25) is 0 Å². The average molecular weight is 587 g/mol. The van der Waals surface area contributed by atoms with E-state index in [0.29, 0.717) is 44.6 Å². The first-order valence-corrected chi connectivity index (χ1v) is 13.9. The lowest BCUT2D eigenvalue weighted by molar-refractivity contribution is -0.138. The van der Waals surface area contributed by atoms with Crippen LogP contribution in [0.2, 0.25) is 15.1 Å². The Morgan fingerprint density at radius 3 is 2.41 bits per heavy atom. The predicted octanol–water partition coefficient (Wildman–Crippen LogP) is 7.25. The molecule has 2 aliphatic rings. The SMILES string of the molecule is O=N[C@H]1CCCC[C@@H]1N1C(=O)c2ccccc2[C@@H](C(=O)NOCc2ccc(Cl)cc2)[C@@H]1c1ccc(Cl)cc1Cl. The number of hydroxylamine groups is 1. The fourth-order valence-corrected chi connectivity index (χ4v) is 6.29. The molecule has 3 aromatic rings. The first-order chi connectivity index (χ1) is 18.9. The van der Waals surface area contributed by atoms with Crippen LogP contribution in [0.5, 0.6) is 0 Å². The molecule has 39 heavy (non-hydrogen) atoms. The van der Waals surface area contributed by atoms with Crippen LogP contribution in [0.4, 0.5) is 0 Å². The van der Waals surface area contributed by atoms with Gasteiger partial charge in [0, 0.05) is 20.6 Å². The van der Waals surface area contributed by atoms with Crippen LogP contribution in [0.1, 0.15) is 64.7 Å². The van der Waals surface area contributed by atoms with E-state index in [-0.39, 0.29) is 12.5 Å². The second kappa shape index (κ2) is 12.0. The molecule has 1 saturated carbocycles. The Morgan fingerprint density at radius 1 is 0.949 bits per heavy atom. The number of fused-ring (bicyclic) bond motifs is 1. The molecule has 1 aliphatic heterocycles. The highest BCUT2D eigenvalue weighted by Crippen LogP contribution is 2.48. The molecule has 1 N–H and O–H groups in total. The van der Waals surface area contributed by atoms with Gasteiger partial charge in [0.05, 0.1) is 24.6 Å². The fourth-order valence-electron chi connectivity index (χ4n) is 5.65. The van der Waals surface area contributed by atoms with Gasteiger partial charge in [-0.1, -0.05) is 89.2 Å². The molecule has 1 aliphatic carbocycles. The van der Waals surface area contributed by atoms with Crippen molar-refractivity contribution < 1.29 is 14.4 Å². The summed E-state index contributed by atoms with van der Waals surface area (Å²) in [4.78, 5) is 47.1. The minimum Gasteiger partial charge on any atom is -0.325 e. The van der Waals surface area contributed by atoms with Crippen LogP contribution in [-0.2, 0) is 16.2 Å². The molecule has 3 aromatic carbocycles. The molecule has 0 radical (unpaired) electrons. The van der Waals surface area contributed by atoms with Gasteiger partial charge in [-0.2, -0.15) is 4.91 Å². The largest absolute Gasteiger partial charge is 0.325 e. The van der Waals surface area contributed by atoms with Crippen molar-refractivity contribution in [3.05, 3.63) is 109 Å². The number of carbonyl (C=O) groups is 2. The van der Waals surface area contributed by atoms with E-state index in [1.54, 1.807) is 71.6 Å². The van der Waals surface area contributed by atoms with Crippen molar-refractivity contribution in [1.29, 1.82) is 0 Å². The van der Waals surface area contributed by atoms with Gasteiger partial charge in [-0.25, -0.2) is 5.48 Å². The zero-order valence-electron chi connectivity index (χ0n) is 20.9. The summed E-state index contributed by atoms with van der Waals surface area (Å²) in [7, 11) is 0. The smallest absolute Gasteiger partial charge is 0.255 e. The highest BCUT2D eigenvalue weighted by atomic mass is 35.5. The molecule has 0 saturated heterocycles. The molecule has 202 valence electrons. The Bertz CT molecular complexity index is 1380. The number of hydrogen-bond donors (Lipinski definition) is 1. The van der Waals surface area contributed by atoms with Crippen LogP contribution in [0.25, 0.3) is 0 Å². The van der Waals surface area contributed by atoms with Crippen LogP contribution >= 0.6 is 34.8 Å². The van der Waals surface area contributed by atoms with Gasteiger partial charge in [-0.05, 0) is 59.9 Å². The third kappa shape index (κ3) is 5.68. The summed E-state index contributed by atoms with van der Waals surface area (Å²) in [6.07, 6.45) is 2.85. The minimum absolute atomic E-state index is 0.117. The Kier molecular flexibility index (Phi) is 8.52. The minimum atomic E-state index is -0.878. The lowest BCUT2D eigenvalue weighted by Gasteiger charge is -2.47. The second-order valence-corrected chi connectivity index (χ2v) is 11.1. The second-order valence-electron chi connectivity index (χ2n) is 9.79. The van der Waals surface area contributed by atoms with E-state index in [1.807, 2.05) is 0 Å². The molecule has 1 heterocycles. The molecule has 5 rings (SSSR count). The molecule has 10 heteroatoms. The zero-order chi connectivity index (χ0) is 27.5. The number of hydrogen-bond acceptors (Lipinski definition) is 5. The molecular formula is C29H26Cl3N3O4. The average Bonchev–Trinajstić information content (AvgIpc) is 2.94. The van der Waals surface area contributed by atoms with Crippen LogP contribution in [0.3, 0.4) is 0 Å². The molecule has 0 aromatic heterocycles. The number of nitroso groups, excluding NO2 is 1. The Labute approximate surface area is 241 Å². The maximum absolute atomic E-state index is 14.1. The zero-order valence-corrected chi connectivity index (χ0v) is 23.1. The van der Waals surface area contributed by atoms with Crippen LogP contribution < -0.4 is 5.48 Å². The van der Waals surface area contributed by atoms with E-state index in [4.69, 9.17) is 39.6 Å². The Balaban J connectivity index is 1.57. The van der Waals surface area contributed by atoms with Crippen molar-refractivity contribution in [2.45, 2.75) is 56.3 Å².